The van der Waals surface area contributed by atoms with Crippen LogP contribution in [-0.4, -0.2) is 35.8 Å². The Morgan fingerprint density at radius 2 is 1.68 bits per heavy atom. The van der Waals surface area contributed by atoms with Crippen LogP contribution in [0.5, 0.6) is 0 Å². The lowest BCUT2D eigenvalue weighted by Gasteiger charge is -2.29. The van der Waals surface area contributed by atoms with Crippen molar-refractivity contribution >= 4 is 17.5 Å². The van der Waals surface area contributed by atoms with Gasteiger partial charge in [0, 0.05) is 25.2 Å². The van der Waals surface area contributed by atoms with E-state index in [1.165, 1.54) is 12.8 Å². The van der Waals surface area contributed by atoms with Gasteiger partial charge in [-0.15, -0.1) is 0 Å². The lowest BCUT2D eigenvalue weighted by Crippen LogP contribution is -2.47. The molecular formula is C18H24N2O2. The van der Waals surface area contributed by atoms with E-state index in [0.29, 0.717) is 12.8 Å². The Hall–Kier alpha value is -1.84. The van der Waals surface area contributed by atoms with E-state index in [9.17, 15) is 9.59 Å². The van der Waals surface area contributed by atoms with E-state index < -0.39 is 0 Å². The second kappa shape index (κ2) is 6.51. The molecule has 0 bridgehead atoms. The fourth-order valence-corrected chi connectivity index (χ4v) is 3.45. The van der Waals surface area contributed by atoms with Crippen LogP contribution in [0.4, 0.5) is 5.69 Å². The van der Waals surface area contributed by atoms with Gasteiger partial charge >= 0.3 is 0 Å². The second-order valence-corrected chi connectivity index (χ2v) is 6.39. The van der Waals surface area contributed by atoms with Crippen LogP contribution in [0.3, 0.4) is 0 Å². The molecule has 0 N–H and O–H groups in total. The number of hydrogen-bond donors (Lipinski definition) is 0. The smallest absolute Gasteiger partial charge is 0.245 e. The van der Waals surface area contributed by atoms with Gasteiger partial charge in [0.15, 0.2) is 0 Å². The molecule has 4 heteroatoms. The zero-order valence-electron chi connectivity index (χ0n) is 13.3. The predicted octanol–water partition coefficient (Wildman–Crippen LogP) is 2.89. The van der Waals surface area contributed by atoms with Crippen molar-refractivity contribution in [2.24, 2.45) is 0 Å². The van der Waals surface area contributed by atoms with Crippen LogP contribution in [0.25, 0.3) is 0 Å². The topological polar surface area (TPSA) is 40.6 Å². The summed E-state index contributed by atoms with van der Waals surface area (Å²) in [6, 6.07) is 7.57. The van der Waals surface area contributed by atoms with E-state index in [0.717, 1.165) is 37.2 Å². The highest BCUT2D eigenvalue weighted by Gasteiger charge is 2.39. The van der Waals surface area contributed by atoms with Gasteiger partial charge in [-0.25, -0.2) is 0 Å². The highest BCUT2D eigenvalue weighted by Crippen LogP contribution is 2.28. The molecule has 1 aromatic carbocycles. The standard InChI is InChI=1S/C18H24N2O2/c1-14-6-8-15(9-7-14)20-16(10-11-17(20)21)18(22)19-12-4-2-3-5-13-19/h6-9,16H,2-5,10-13H2,1H3. The van der Waals surface area contributed by atoms with Gasteiger partial charge in [0.05, 0.1) is 0 Å². The summed E-state index contributed by atoms with van der Waals surface area (Å²) in [5.74, 6) is 0.199. The zero-order chi connectivity index (χ0) is 15.5. The number of anilines is 1. The highest BCUT2D eigenvalue weighted by molar-refractivity contribution is 6.03. The molecule has 2 heterocycles. The Bertz CT molecular complexity index is 545. The van der Waals surface area contributed by atoms with Crippen LogP contribution in [0.1, 0.15) is 44.1 Å². The third-order valence-electron chi connectivity index (χ3n) is 4.73. The first-order chi connectivity index (χ1) is 10.7. The molecule has 0 saturated carbocycles. The van der Waals surface area contributed by atoms with Crippen LogP contribution < -0.4 is 4.90 Å². The van der Waals surface area contributed by atoms with Crippen LogP contribution >= 0.6 is 0 Å². The third-order valence-corrected chi connectivity index (χ3v) is 4.73. The molecule has 0 radical (unpaired) electrons. The van der Waals surface area contributed by atoms with Crippen molar-refractivity contribution in [3.8, 4) is 0 Å². The number of likely N-dealkylation sites (tertiary alicyclic amines) is 1. The molecule has 4 nitrogen and oxygen atoms in total. The van der Waals surface area contributed by atoms with Crippen molar-refractivity contribution in [3.63, 3.8) is 0 Å². The van der Waals surface area contributed by atoms with Gasteiger partial charge in [-0.3, -0.25) is 14.5 Å². The summed E-state index contributed by atoms with van der Waals surface area (Å²) in [4.78, 5) is 28.8. The van der Waals surface area contributed by atoms with Crippen LogP contribution in [-0.2, 0) is 9.59 Å². The lowest BCUT2D eigenvalue weighted by molar-refractivity contribution is -0.133. The molecular weight excluding hydrogens is 276 g/mol. The van der Waals surface area contributed by atoms with Gasteiger partial charge in [0.2, 0.25) is 11.8 Å². The second-order valence-electron chi connectivity index (χ2n) is 6.39. The van der Waals surface area contributed by atoms with Crippen LogP contribution in [0.2, 0.25) is 0 Å². The monoisotopic (exact) mass is 300 g/mol. The van der Waals surface area contributed by atoms with Crippen molar-refractivity contribution < 1.29 is 9.59 Å². The summed E-state index contributed by atoms with van der Waals surface area (Å²) >= 11 is 0. The molecule has 2 amide bonds. The summed E-state index contributed by atoms with van der Waals surface area (Å²) in [6.45, 7) is 3.70. The Morgan fingerprint density at radius 3 is 2.32 bits per heavy atom. The predicted molar refractivity (Wildman–Crippen MR) is 86.7 cm³/mol. The molecule has 1 atom stereocenters. The first-order valence-electron chi connectivity index (χ1n) is 8.34. The van der Waals surface area contributed by atoms with Gasteiger partial charge in [0.1, 0.15) is 6.04 Å². The van der Waals surface area contributed by atoms with Gasteiger partial charge in [-0.05, 0) is 38.3 Å². The minimum Gasteiger partial charge on any atom is -0.341 e. The molecule has 2 aliphatic heterocycles. The Morgan fingerprint density at radius 1 is 1.05 bits per heavy atom. The van der Waals surface area contributed by atoms with E-state index in [1.807, 2.05) is 36.1 Å². The maximum absolute atomic E-state index is 12.9. The van der Waals surface area contributed by atoms with Crippen molar-refractivity contribution in [1.82, 2.24) is 4.90 Å². The largest absolute Gasteiger partial charge is 0.341 e. The summed E-state index contributed by atoms with van der Waals surface area (Å²) in [6.07, 6.45) is 5.68. The van der Waals surface area contributed by atoms with Crippen molar-refractivity contribution in [2.45, 2.75) is 51.5 Å². The van der Waals surface area contributed by atoms with E-state index >= 15 is 0 Å². The fraction of sp³-hybridized carbons (Fsp3) is 0.556. The normalized spacial score (nSPS) is 22.8. The van der Waals surface area contributed by atoms with Crippen molar-refractivity contribution in [1.29, 1.82) is 0 Å². The van der Waals surface area contributed by atoms with E-state index in [-0.39, 0.29) is 17.9 Å². The maximum atomic E-state index is 12.9. The van der Waals surface area contributed by atoms with Crippen molar-refractivity contribution in [3.05, 3.63) is 29.8 Å². The minimum atomic E-state index is -0.312. The molecule has 2 fully saturated rings. The molecule has 118 valence electrons. The van der Waals surface area contributed by atoms with Crippen LogP contribution in [0.15, 0.2) is 24.3 Å². The number of hydrogen-bond acceptors (Lipinski definition) is 2. The number of carbonyl (C=O) groups excluding carboxylic acids is 2. The average molecular weight is 300 g/mol. The van der Waals surface area contributed by atoms with E-state index in [4.69, 9.17) is 0 Å². The van der Waals surface area contributed by atoms with Crippen LogP contribution in [0, 0.1) is 6.92 Å². The van der Waals surface area contributed by atoms with E-state index in [2.05, 4.69) is 0 Å². The number of carbonyl (C=O) groups is 2. The Labute approximate surface area is 132 Å². The number of nitrogens with zero attached hydrogens (tertiary/aromatic N) is 2. The van der Waals surface area contributed by atoms with E-state index in [1.54, 1.807) is 4.90 Å². The fourth-order valence-electron chi connectivity index (χ4n) is 3.45. The minimum absolute atomic E-state index is 0.0667. The number of amides is 2. The summed E-state index contributed by atoms with van der Waals surface area (Å²) < 4.78 is 0. The number of benzene rings is 1. The summed E-state index contributed by atoms with van der Waals surface area (Å²) in [5, 5.41) is 0. The number of aryl methyl sites for hydroxylation is 1. The van der Waals surface area contributed by atoms with Gasteiger partial charge in [0.25, 0.3) is 0 Å². The molecule has 2 aliphatic rings. The average Bonchev–Trinajstić information content (AvgIpc) is 2.75. The van der Waals surface area contributed by atoms with Gasteiger partial charge < -0.3 is 4.90 Å². The Kier molecular flexibility index (Phi) is 4.46. The lowest BCUT2D eigenvalue weighted by atomic mass is 10.1. The van der Waals surface area contributed by atoms with Gasteiger partial charge in [-0.2, -0.15) is 0 Å². The molecule has 2 saturated heterocycles. The molecule has 0 spiro atoms. The molecule has 22 heavy (non-hydrogen) atoms. The maximum Gasteiger partial charge on any atom is 0.245 e. The molecule has 1 unspecified atom stereocenters. The quantitative estimate of drug-likeness (QED) is 0.842. The summed E-state index contributed by atoms with van der Waals surface area (Å²) in [7, 11) is 0. The highest BCUT2D eigenvalue weighted by atomic mass is 16.2. The SMILES string of the molecule is Cc1ccc(N2C(=O)CCC2C(=O)N2CCCCCC2)cc1. The summed E-state index contributed by atoms with van der Waals surface area (Å²) in [5.41, 5.74) is 2.01. The molecule has 0 aromatic heterocycles. The Balaban J connectivity index is 1.80. The molecule has 0 aliphatic carbocycles. The molecule has 1 aromatic rings. The number of rotatable bonds is 2. The first kappa shape index (κ1) is 15.1. The van der Waals surface area contributed by atoms with Gasteiger partial charge in [-0.1, -0.05) is 30.5 Å². The molecule has 3 rings (SSSR count). The van der Waals surface area contributed by atoms with Crippen molar-refractivity contribution in [2.75, 3.05) is 18.0 Å². The zero-order valence-corrected chi connectivity index (χ0v) is 13.3. The first-order valence-corrected chi connectivity index (χ1v) is 8.34. The third kappa shape index (κ3) is 3.01.